The topological polar surface area (TPSA) is 46.1 Å². The second-order valence-electron chi connectivity index (χ2n) is 5.72. The molecule has 0 bridgehead atoms. The van der Waals surface area contributed by atoms with E-state index < -0.39 is 0 Å². The SMILES string of the molecule is CN(C)C(=O)CCc1cc(-c2ccncc2)sc1-c1ccncc1. The molecule has 0 unspecified atom stereocenters. The molecule has 0 fully saturated rings. The molecular formula is C19H19N3OS. The van der Waals surface area contributed by atoms with Crippen molar-refractivity contribution in [2.75, 3.05) is 14.1 Å². The highest BCUT2D eigenvalue weighted by molar-refractivity contribution is 7.19. The van der Waals surface area contributed by atoms with Crippen LogP contribution in [0, 0.1) is 0 Å². The molecule has 122 valence electrons. The van der Waals surface area contributed by atoms with Gasteiger partial charge in [0.25, 0.3) is 0 Å². The zero-order valence-electron chi connectivity index (χ0n) is 13.8. The van der Waals surface area contributed by atoms with Crippen LogP contribution in [0.1, 0.15) is 12.0 Å². The highest BCUT2D eigenvalue weighted by Gasteiger charge is 2.14. The first kappa shape index (κ1) is 16.3. The number of aryl methyl sites for hydroxylation is 1. The Balaban J connectivity index is 1.96. The van der Waals surface area contributed by atoms with E-state index in [1.165, 1.54) is 15.3 Å². The molecule has 0 aliphatic carbocycles. The van der Waals surface area contributed by atoms with Crippen LogP contribution in [0.15, 0.2) is 55.1 Å². The number of hydrogen-bond acceptors (Lipinski definition) is 4. The quantitative estimate of drug-likeness (QED) is 0.709. The molecule has 0 aliphatic rings. The number of hydrogen-bond donors (Lipinski definition) is 0. The first-order valence-electron chi connectivity index (χ1n) is 7.79. The molecule has 0 N–H and O–H groups in total. The molecule has 0 saturated carbocycles. The molecule has 0 spiro atoms. The standard InChI is InChI=1S/C19H19N3OS/c1-22(2)18(23)4-3-16-13-17(14-5-9-20-10-6-14)24-19(16)15-7-11-21-12-8-15/h5-13H,3-4H2,1-2H3. The summed E-state index contributed by atoms with van der Waals surface area (Å²) in [6.45, 7) is 0. The van der Waals surface area contributed by atoms with Crippen molar-refractivity contribution >= 4 is 17.2 Å². The normalized spacial score (nSPS) is 10.6. The molecule has 3 aromatic heterocycles. The van der Waals surface area contributed by atoms with Gasteiger partial charge in [0.1, 0.15) is 0 Å². The third-order valence-corrected chi connectivity index (χ3v) is 5.10. The maximum absolute atomic E-state index is 12.0. The van der Waals surface area contributed by atoms with Crippen molar-refractivity contribution in [2.24, 2.45) is 0 Å². The largest absolute Gasteiger partial charge is 0.349 e. The van der Waals surface area contributed by atoms with Crippen LogP contribution in [0.2, 0.25) is 0 Å². The van der Waals surface area contributed by atoms with Gasteiger partial charge in [0.15, 0.2) is 0 Å². The van der Waals surface area contributed by atoms with E-state index in [9.17, 15) is 4.79 Å². The van der Waals surface area contributed by atoms with Crippen molar-refractivity contribution in [2.45, 2.75) is 12.8 Å². The van der Waals surface area contributed by atoms with Crippen LogP contribution >= 0.6 is 11.3 Å². The molecule has 0 saturated heterocycles. The molecule has 24 heavy (non-hydrogen) atoms. The molecule has 1 amide bonds. The first-order chi connectivity index (χ1) is 11.6. The Kier molecular flexibility index (Phi) is 5.01. The Labute approximate surface area is 145 Å². The maximum atomic E-state index is 12.0. The Morgan fingerprint density at radius 3 is 2.17 bits per heavy atom. The van der Waals surface area contributed by atoms with Crippen LogP contribution in [0.3, 0.4) is 0 Å². The summed E-state index contributed by atoms with van der Waals surface area (Å²) < 4.78 is 0. The fourth-order valence-electron chi connectivity index (χ4n) is 2.49. The van der Waals surface area contributed by atoms with E-state index in [2.05, 4.69) is 16.0 Å². The van der Waals surface area contributed by atoms with Crippen LogP contribution in [0.5, 0.6) is 0 Å². The Morgan fingerprint density at radius 2 is 1.58 bits per heavy atom. The smallest absolute Gasteiger partial charge is 0.222 e. The maximum Gasteiger partial charge on any atom is 0.222 e. The van der Waals surface area contributed by atoms with Gasteiger partial charge in [0, 0.05) is 55.1 Å². The van der Waals surface area contributed by atoms with E-state index in [4.69, 9.17) is 0 Å². The second-order valence-corrected chi connectivity index (χ2v) is 6.78. The van der Waals surface area contributed by atoms with Crippen LogP contribution in [0.4, 0.5) is 0 Å². The van der Waals surface area contributed by atoms with E-state index in [1.807, 2.05) is 24.3 Å². The van der Waals surface area contributed by atoms with Gasteiger partial charge in [-0.2, -0.15) is 0 Å². The fourth-order valence-corrected chi connectivity index (χ4v) is 3.71. The summed E-state index contributed by atoms with van der Waals surface area (Å²) in [6, 6.07) is 10.2. The molecule has 0 atom stereocenters. The summed E-state index contributed by atoms with van der Waals surface area (Å²) in [5.41, 5.74) is 3.49. The van der Waals surface area contributed by atoms with E-state index in [0.29, 0.717) is 6.42 Å². The Bertz CT molecular complexity index is 813. The van der Waals surface area contributed by atoms with Crippen molar-refractivity contribution in [1.82, 2.24) is 14.9 Å². The van der Waals surface area contributed by atoms with Crippen LogP contribution in [0.25, 0.3) is 20.9 Å². The second kappa shape index (κ2) is 7.36. The lowest BCUT2D eigenvalue weighted by atomic mass is 10.0. The highest BCUT2D eigenvalue weighted by atomic mass is 32.1. The summed E-state index contributed by atoms with van der Waals surface area (Å²) >= 11 is 1.75. The molecule has 0 aliphatic heterocycles. The van der Waals surface area contributed by atoms with Crippen molar-refractivity contribution in [3.63, 3.8) is 0 Å². The summed E-state index contributed by atoms with van der Waals surface area (Å²) in [5.74, 6) is 0.146. The lowest BCUT2D eigenvalue weighted by Crippen LogP contribution is -2.21. The molecule has 0 aromatic carbocycles. The van der Waals surface area contributed by atoms with Gasteiger partial charge in [-0.05, 0) is 53.4 Å². The van der Waals surface area contributed by atoms with E-state index in [1.54, 1.807) is 55.1 Å². The average Bonchev–Trinajstić information content (AvgIpc) is 3.05. The lowest BCUT2D eigenvalue weighted by Gasteiger charge is -2.10. The summed E-state index contributed by atoms with van der Waals surface area (Å²) in [7, 11) is 3.59. The number of pyridine rings is 2. The minimum absolute atomic E-state index is 0.146. The van der Waals surface area contributed by atoms with Crippen molar-refractivity contribution in [3.8, 4) is 20.9 Å². The Hall–Kier alpha value is -2.53. The van der Waals surface area contributed by atoms with Gasteiger partial charge in [-0.3, -0.25) is 14.8 Å². The molecule has 3 aromatic rings. The highest BCUT2D eigenvalue weighted by Crippen LogP contribution is 2.38. The van der Waals surface area contributed by atoms with Gasteiger partial charge in [-0.25, -0.2) is 0 Å². The predicted octanol–water partition coefficient (Wildman–Crippen LogP) is 3.89. The summed E-state index contributed by atoms with van der Waals surface area (Å²) in [4.78, 5) is 24.2. The molecule has 5 heteroatoms. The number of thiophene rings is 1. The van der Waals surface area contributed by atoms with E-state index in [-0.39, 0.29) is 5.91 Å². The zero-order valence-corrected chi connectivity index (χ0v) is 14.6. The van der Waals surface area contributed by atoms with Gasteiger partial charge >= 0.3 is 0 Å². The predicted molar refractivity (Wildman–Crippen MR) is 97.8 cm³/mol. The molecule has 3 rings (SSSR count). The third-order valence-electron chi connectivity index (χ3n) is 3.82. The number of carbonyl (C=O) groups excluding carboxylic acids is 1. The van der Waals surface area contributed by atoms with Crippen molar-refractivity contribution < 1.29 is 4.79 Å². The molecule has 3 heterocycles. The summed E-state index contributed by atoms with van der Waals surface area (Å²) in [6.07, 6.45) is 8.45. The number of amides is 1. The minimum atomic E-state index is 0.146. The van der Waals surface area contributed by atoms with Gasteiger partial charge < -0.3 is 4.90 Å². The molecule has 4 nitrogen and oxygen atoms in total. The minimum Gasteiger partial charge on any atom is -0.349 e. The molecule has 0 radical (unpaired) electrons. The lowest BCUT2D eigenvalue weighted by molar-refractivity contribution is -0.128. The van der Waals surface area contributed by atoms with Gasteiger partial charge in [0.2, 0.25) is 5.91 Å². The number of nitrogens with zero attached hydrogens (tertiary/aromatic N) is 3. The fraction of sp³-hybridized carbons (Fsp3) is 0.211. The Morgan fingerprint density at radius 1 is 1.00 bits per heavy atom. The number of aromatic nitrogens is 2. The number of rotatable bonds is 5. The summed E-state index contributed by atoms with van der Waals surface area (Å²) in [5, 5.41) is 0. The van der Waals surface area contributed by atoms with E-state index >= 15 is 0 Å². The van der Waals surface area contributed by atoms with Gasteiger partial charge in [-0.1, -0.05) is 0 Å². The van der Waals surface area contributed by atoms with Crippen LogP contribution in [-0.2, 0) is 11.2 Å². The van der Waals surface area contributed by atoms with Crippen LogP contribution < -0.4 is 0 Å². The monoisotopic (exact) mass is 337 g/mol. The van der Waals surface area contributed by atoms with E-state index in [0.717, 1.165) is 17.5 Å². The van der Waals surface area contributed by atoms with Gasteiger partial charge in [0.05, 0.1) is 0 Å². The van der Waals surface area contributed by atoms with Crippen molar-refractivity contribution in [3.05, 3.63) is 60.7 Å². The van der Waals surface area contributed by atoms with Gasteiger partial charge in [-0.15, -0.1) is 11.3 Å². The average molecular weight is 337 g/mol. The zero-order chi connectivity index (χ0) is 16.9. The van der Waals surface area contributed by atoms with Crippen molar-refractivity contribution in [1.29, 1.82) is 0 Å². The number of carbonyl (C=O) groups is 1. The third kappa shape index (κ3) is 3.68. The first-order valence-corrected chi connectivity index (χ1v) is 8.60. The molecular weight excluding hydrogens is 318 g/mol. The van der Waals surface area contributed by atoms with Crippen LogP contribution in [-0.4, -0.2) is 34.9 Å².